The maximum atomic E-state index is 13.6. The molecule has 0 N–H and O–H groups in total. The lowest BCUT2D eigenvalue weighted by molar-refractivity contribution is 0.0984. The average Bonchev–Trinajstić information content (AvgIpc) is 3.29. The molecule has 176 valence electrons. The van der Waals surface area contributed by atoms with E-state index in [4.69, 9.17) is 9.72 Å². The van der Waals surface area contributed by atoms with Crippen molar-refractivity contribution in [3.05, 3.63) is 77.6 Å². The van der Waals surface area contributed by atoms with Gasteiger partial charge in [0.2, 0.25) is 0 Å². The quantitative estimate of drug-likeness (QED) is 0.357. The van der Waals surface area contributed by atoms with Gasteiger partial charge in [0.25, 0.3) is 5.91 Å². The lowest BCUT2D eigenvalue weighted by Crippen LogP contribution is -2.30. The SMILES string of the molecule is COc1ccc(C)c2sc(N(Cc3ccccn3)C(=O)c3ccc(S(=O)(=O)C(C)C)cc3)nc12. The number of hydrogen-bond donors (Lipinski definition) is 0. The predicted molar refractivity (Wildman–Crippen MR) is 134 cm³/mol. The number of rotatable bonds is 7. The number of carbonyl (C=O) groups is 1. The maximum Gasteiger partial charge on any atom is 0.260 e. The van der Waals surface area contributed by atoms with Crippen LogP contribution >= 0.6 is 11.3 Å². The molecular formula is C25H25N3O4S2. The zero-order chi connectivity index (χ0) is 24.5. The standard InChI is InChI=1S/C25H25N3O4S2/c1-16(2)34(30,31)20-11-9-18(10-12-20)24(29)28(15-19-7-5-6-14-26-19)25-27-22-21(32-4)13-8-17(3)23(22)33-25/h5-14,16H,15H2,1-4H3. The number of aromatic nitrogens is 2. The summed E-state index contributed by atoms with van der Waals surface area (Å²) in [6, 6.07) is 15.4. The van der Waals surface area contributed by atoms with Crippen LogP contribution in [0, 0.1) is 6.92 Å². The van der Waals surface area contributed by atoms with Crippen LogP contribution in [0.25, 0.3) is 10.2 Å². The fourth-order valence-electron chi connectivity index (χ4n) is 3.47. The molecule has 0 saturated carbocycles. The highest BCUT2D eigenvalue weighted by atomic mass is 32.2. The third-order valence-electron chi connectivity index (χ3n) is 5.48. The van der Waals surface area contributed by atoms with Crippen LogP contribution in [0.5, 0.6) is 5.75 Å². The van der Waals surface area contributed by atoms with Crippen LogP contribution in [0.4, 0.5) is 5.13 Å². The van der Waals surface area contributed by atoms with Gasteiger partial charge in [-0.15, -0.1) is 0 Å². The van der Waals surface area contributed by atoms with E-state index in [1.165, 1.54) is 23.5 Å². The molecule has 1 amide bonds. The van der Waals surface area contributed by atoms with E-state index in [0.717, 1.165) is 10.3 Å². The highest BCUT2D eigenvalue weighted by Gasteiger charge is 2.25. The molecule has 0 aliphatic rings. The molecule has 9 heteroatoms. The Balaban J connectivity index is 1.77. The highest BCUT2D eigenvalue weighted by Crippen LogP contribution is 2.37. The van der Waals surface area contributed by atoms with Crippen LogP contribution in [-0.4, -0.2) is 36.7 Å². The maximum absolute atomic E-state index is 13.6. The van der Waals surface area contributed by atoms with E-state index in [-0.39, 0.29) is 17.3 Å². The number of thiazole rings is 1. The third-order valence-corrected chi connectivity index (χ3v) is 8.87. The second-order valence-corrected chi connectivity index (χ2v) is 11.6. The number of pyridine rings is 1. The van der Waals surface area contributed by atoms with Crippen LogP contribution in [0.2, 0.25) is 0 Å². The Kier molecular flexibility index (Phi) is 6.67. The molecule has 0 unspecified atom stereocenters. The zero-order valence-electron chi connectivity index (χ0n) is 19.3. The van der Waals surface area contributed by atoms with Crippen molar-refractivity contribution in [1.82, 2.24) is 9.97 Å². The number of amides is 1. The van der Waals surface area contributed by atoms with Gasteiger partial charge >= 0.3 is 0 Å². The zero-order valence-corrected chi connectivity index (χ0v) is 21.0. The van der Waals surface area contributed by atoms with Gasteiger partial charge in [-0.25, -0.2) is 13.4 Å². The van der Waals surface area contributed by atoms with Gasteiger partial charge in [0.05, 0.1) is 34.2 Å². The molecule has 0 atom stereocenters. The Bertz CT molecular complexity index is 1430. The second kappa shape index (κ2) is 9.52. The van der Waals surface area contributed by atoms with Gasteiger partial charge in [0.1, 0.15) is 11.3 Å². The van der Waals surface area contributed by atoms with E-state index in [9.17, 15) is 13.2 Å². The predicted octanol–water partition coefficient (Wildman–Crippen LogP) is 5.04. The van der Waals surface area contributed by atoms with E-state index in [0.29, 0.717) is 27.7 Å². The number of fused-ring (bicyclic) bond motifs is 1. The minimum atomic E-state index is -3.43. The van der Waals surface area contributed by atoms with Crippen molar-refractivity contribution in [2.24, 2.45) is 0 Å². The average molecular weight is 496 g/mol. The van der Waals surface area contributed by atoms with Gasteiger partial charge in [0, 0.05) is 11.8 Å². The second-order valence-electron chi connectivity index (χ2n) is 8.09. The molecule has 34 heavy (non-hydrogen) atoms. The number of carbonyl (C=O) groups excluding carboxylic acids is 1. The first-order valence-electron chi connectivity index (χ1n) is 10.7. The van der Waals surface area contributed by atoms with E-state index in [1.807, 2.05) is 37.3 Å². The van der Waals surface area contributed by atoms with E-state index >= 15 is 0 Å². The van der Waals surface area contributed by atoms with Crippen LogP contribution < -0.4 is 9.64 Å². The molecule has 2 aromatic heterocycles. The Morgan fingerprint density at radius 2 is 1.82 bits per heavy atom. The van der Waals surface area contributed by atoms with Gasteiger partial charge in [-0.05, 0) is 68.8 Å². The number of sulfone groups is 1. The summed E-state index contributed by atoms with van der Waals surface area (Å²) in [4.78, 5) is 24.5. The molecule has 0 fully saturated rings. The Labute approximate surface area is 203 Å². The Morgan fingerprint density at radius 3 is 2.44 bits per heavy atom. The van der Waals surface area contributed by atoms with E-state index in [2.05, 4.69) is 4.98 Å². The smallest absolute Gasteiger partial charge is 0.260 e. The molecular weight excluding hydrogens is 470 g/mol. The lowest BCUT2D eigenvalue weighted by Gasteiger charge is -2.20. The minimum Gasteiger partial charge on any atom is -0.494 e. The first kappa shape index (κ1) is 23.8. The minimum absolute atomic E-state index is 0.190. The van der Waals surface area contributed by atoms with Crippen molar-refractivity contribution in [2.45, 2.75) is 37.5 Å². The van der Waals surface area contributed by atoms with Crippen LogP contribution in [0.1, 0.15) is 35.5 Å². The van der Waals surface area contributed by atoms with Gasteiger partial charge in [-0.2, -0.15) is 0 Å². The van der Waals surface area contributed by atoms with E-state index < -0.39 is 15.1 Å². The normalized spacial score (nSPS) is 11.7. The summed E-state index contributed by atoms with van der Waals surface area (Å²) in [6.45, 7) is 5.47. The molecule has 0 aliphatic heterocycles. The van der Waals surface area contributed by atoms with Crippen molar-refractivity contribution in [1.29, 1.82) is 0 Å². The van der Waals surface area contributed by atoms with Crippen molar-refractivity contribution in [2.75, 3.05) is 12.0 Å². The first-order valence-corrected chi connectivity index (χ1v) is 13.1. The number of aryl methyl sites for hydroxylation is 1. The van der Waals surface area contributed by atoms with Gasteiger partial charge < -0.3 is 4.74 Å². The summed E-state index contributed by atoms with van der Waals surface area (Å²) in [5.41, 5.74) is 2.80. The summed E-state index contributed by atoms with van der Waals surface area (Å²) < 4.78 is 31.4. The van der Waals surface area contributed by atoms with Gasteiger partial charge in [-0.1, -0.05) is 23.5 Å². The monoisotopic (exact) mass is 495 g/mol. The molecule has 0 saturated heterocycles. The molecule has 7 nitrogen and oxygen atoms in total. The summed E-state index contributed by atoms with van der Waals surface area (Å²) in [5.74, 6) is 0.339. The van der Waals surface area contributed by atoms with Gasteiger partial charge in [0.15, 0.2) is 15.0 Å². The Hall–Kier alpha value is -3.30. The van der Waals surface area contributed by atoms with Crippen molar-refractivity contribution < 1.29 is 17.9 Å². The molecule has 4 rings (SSSR count). The molecule has 0 aliphatic carbocycles. The number of methoxy groups -OCH3 is 1. The molecule has 4 aromatic rings. The molecule has 0 bridgehead atoms. The highest BCUT2D eigenvalue weighted by molar-refractivity contribution is 7.92. The van der Waals surface area contributed by atoms with Gasteiger partial charge in [-0.3, -0.25) is 14.7 Å². The molecule has 2 aromatic carbocycles. The van der Waals surface area contributed by atoms with Crippen molar-refractivity contribution in [3.8, 4) is 5.75 Å². The number of nitrogens with zero attached hydrogens (tertiary/aromatic N) is 3. The van der Waals surface area contributed by atoms with E-state index in [1.54, 1.807) is 44.2 Å². The number of ether oxygens (including phenoxy) is 1. The number of hydrogen-bond acceptors (Lipinski definition) is 7. The molecule has 2 heterocycles. The van der Waals surface area contributed by atoms with Crippen LogP contribution in [0.3, 0.4) is 0 Å². The fraction of sp³-hybridized carbons (Fsp3) is 0.240. The first-order chi connectivity index (χ1) is 16.2. The third kappa shape index (κ3) is 4.53. The molecule has 0 spiro atoms. The summed E-state index contributed by atoms with van der Waals surface area (Å²) in [6.07, 6.45) is 1.68. The van der Waals surface area contributed by atoms with Crippen molar-refractivity contribution in [3.63, 3.8) is 0 Å². The topological polar surface area (TPSA) is 89.5 Å². The summed E-state index contributed by atoms with van der Waals surface area (Å²) >= 11 is 1.41. The largest absolute Gasteiger partial charge is 0.494 e. The Morgan fingerprint density at radius 1 is 1.09 bits per heavy atom. The number of benzene rings is 2. The van der Waals surface area contributed by atoms with Crippen LogP contribution in [-0.2, 0) is 16.4 Å². The summed E-state index contributed by atoms with van der Waals surface area (Å²) in [7, 11) is -1.84. The molecule has 0 radical (unpaired) electrons. The van der Waals surface area contributed by atoms with Crippen LogP contribution in [0.15, 0.2) is 65.7 Å². The lowest BCUT2D eigenvalue weighted by atomic mass is 10.2. The van der Waals surface area contributed by atoms with Crippen molar-refractivity contribution >= 4 is 42.4 Å². The fourth-order valence-corrected chi connectivity index (χ4v) is 5.58. The number of anilines is 1. The summed E-state index contributed by atoms with van der Waals surface area (Å²) in [5, 5.41) is -0.0344.